The van der Waals surface area contributed by atoms with E-state index in [-0.39, 0.29) is 11.8 Å². The normalized spacial score (nSPS) is 28.6. The van der Waals surface area contributed by atoms with E-state index in [0.717, 1.165) is 22.3 Å². The van der Waals surface area contributed by atoms with Crippen molar-refractivity contribution in [3.63, 3.8) is 0 Å². The van der Waals surface area contributed by atoms with Crippen molar-refractivity contribution in [2.75, 3.05) is 7.05 Å². The Kier molecular flexibility index (Phi) is 3.20. The van der Waals surface area contributed by atoms with E-state index in [0.29, 0.717) is 12.4 Å². The molecule has 1 amide bonds. The summed E-state index contributed by atoms with van der Waals surface area (Å²) in [5.74, 6) is 0.429. The van der Waals surface area contributed by atoms with Gasteiger partial charge in [-0.2, -0.15) is 5.10 Å². The van der Waals surface area contributed by atoms with Crippen molar-refractivity contribution in [1.29, 1.82) is 0 Å². The van der Waals surface area contributed by atoms with E-state index in [1.54, 1.807) is 7.05 Å². The molecular weight excluding hydrogens is 334 g/mol. The molecule has 1 aliphatic heterocycles. The number of halogens is 1. The van der Waals surface area contributed by atoms with E-state index in [1.807, 2.05) is 18.7 Å². The molecular formula is C14H18BrN5O. The van der Waals surface area contributed by atoms with Crippen molar-refractivity contribution in [1.82, 2.24) is 14.7 Å². The second-order valence-corrected chi connectivity index (χ2v) is 6.65. The minimum absolute atomic E-state index is 0.00961. The highest BCUT2D eigenvalue weighted by Crippen LogP contribution is 2.38. The lowest BCUT2D eigenvalue weighted by Crippen LogP contribution is -2.51. The van der Waals surface area contributed by atoms with E-state index in [2.05, 4.69) is 38.2 Å². The highest BCUT2D eigenvalue weighted by molar-refractivity contribution is 9.10. The van der Waals surface area contributed by atoms with Crippen LogP contribution < -0.4 is 5.73 Å². The number of aryl methyl sites for hydroxylation is 1. The van der Waals surface area contributed by atoms with Gasteiger partial charge in [-0.1, -0.05) is 12.2 Å². The Labute approximate surface area is 131 Å². The first-order valence-corrected chi connectivity index (χ1v) is 7.62. The first-order valence-electron chi connectivity index (χ1n) is 6.83. The number of aromatic nitrogens is 2. The summed E-state index contributed by atoms with van der Waals surface area (Å²) in [5.41, 5.74) is 7.64. The maximum atomic E-state index is 12.1. The molecule has 2 atom stereocenters. The van der Waals surface area contributed by atoms with Crippen LogP contribution in [0.3, 0.4) is 0 Å². The summed E-state index contributed by atoms with van der Waals surface area (Å²) in [6, 6.07) is 0. The number of nitrogens with zero attached hydrogens (tertiary/aromatic N) is 4. The molecule has 0 radical (unpaired) electrons. The van der Waals surface area contributed by atoms with Gasteiger partial charge in [0, 0.05) is 31.3 Å². The first kappa shape index (κ1) is 14.3. The summed E-state index contributed by atoms with van der Waals surface area (Å²) in [6.45, 7) is 2.00. The second kappa shape index (κ2) is 4.69. The molecule has 112 valence electrons. The van der Waals surface area contributed by atoms with E-state index in [9.17, 15) is 4.79 Å². The Morgan fingerprint density at radius 1 is 1.48 bits per heavy atom. The fraction of sp³-hybridized carbons (Fsp3) is 0.500. The van der Waals surface area contributed by atoms with Crippen LogP contribution in [-0.4, -0.2) is 39.1 Å². The molecule has 0 saturated heterocycles. The molecule has 0 saturated carbocycles. The Bertz CT molecular complexity index is 677. The number of guanidine groups is 1. The zero-order valence-corrected chi connectivity index (χ0v) is 13.9. The average Bonchev–Trinajstić information content (AvgIpc) is 2.71. The van der Waals surface area contributed by atoms with Gasteiger partial charge >= 0.3 is 0 Å². The second-order valence-electron chi connectivity index (χ2n) is 5.90. The molecule has 2 N–H and O–H groups in total. The number of hydrogen-bond acceptors (Lipinski definition) is 4. The van der Waals surface area contributed by atoms with E-state index in [4.69, 9.17) is 5.73 Å². The summed E-state index contributed by atoms with van der Waals surface area (Å²) in [5, 5.41) is 4.38. The van der Waals surface area contributed by atoms with Gasteiger partial charge in [-0.15, -0.1) is 0 Å². The van der Waals surface area contributed by atoms with Crippen LogP contribution in [-0.2, 0) is 18.3 Å². The third-order valence-corrected chi connectivity index (χ3v) is 5.05. The molecule has 2 heterocycles. The van der Waals surface area contributed by atoms with Gasteiger partial charge in [-0.3, -0.25) is 14.4 Å². The molecule has 1 aliphatic carbocycles. The van der Waals surface area contributed by atoms with Gasteiger partial charge < -0.3 is 5.73 Å². The van der Waals surface area contributed by atoms with Crippen LogP contribution in [0.5, 0.6) is 0 Å². The number of amides is 1. The van der Waals surface area contributed by atoms with Crippen molar-refractivity contribution in [3.8, 4) is 0 Å². The minimum atomic E-state index is -0.501. The van der Waals surface area contributed by atoms with Gasteiger partial charge in [-0.05, 0) is 29.3 Å². The van der Waals surface area contributed by atoms with Crippen LogP contribution >= 0.6 is 15.9 Å². The molecule has 0 aromatic carbocycles. The molecule has 0 bridgehead atoms. The number of nitrogens with two attached hydrogens (primary N) is 1. The van der Waals surface area contributed by atoms with Crippen molar-refractivity contribution in [2.45, 2.75) is 25.3 Å². The molecule has 21 heavy (non-hydrogen) atoms. The number of rotatable bonds is 1. The summed E-state index contributed by atoms with van der Waals surface area (Å²) < 4.78 is 2.73. The zero-order valence-electron chi connectivity index (χ0n) is 12.3. The highest BCUT2D eigenvalue weighted by Gasteiger charge is 2.41. The number of carbonyl (C=O) groups is 1. The van der Waals surface area contributed by atoms with Gasteiger partial charge in [0.1, 0.15) is 4.60 Å². The molecule has 0 spiro atoms. The Balaban J connectivity index is 1.96. The van der Waals surface area contributed by atoms with Crippen LogP contribution in [0.25, 0.3) is 6.08 Å². The quantitative estimate of drug-likeness (QED) is 0.828. The third kappa shape index (κ3) is 2.19. The Morgan fingerprint density at radius 3 is 2.86 bits per heavy atom. The predicted molar refractivity (Wildman–Crippen MR) is 84.6 cm³/mol. The topological polar surface area (TPSA) is 76.5 Å². The molecule has 6 nitrogen and oxygen atoms in total. The fourth-order valence-electron chi connectivity index (χ4n) is 3.00. The molecule has 7 heteroatoms. The fourth-order valence-corrected chi connectivity index (χ4v) is 3.60. The lowest BCUT2D eigenvalue weighted by atomic mass is 9.76. The highest BCUT2D eigenvalue weighted by atomic mass is 79.9. The van der Waals surface area contributed by atoms with Crippen molar-refractivity contribution >= 4 is 33.9 Å². The van der Waals surface area contributed by atoms with Gasteiger partial charge in [0.2, 0.25) is 5.91 Å². The van der Waals surface area contributed by atoms with Gasteiger partial charge in [-0.25, -0.2) is 4.99 Å². The van der Waals surface area contributed by atoms with Crippen molar-refractivity contribution < 1.29 is 4.79 Å². The van der Waals surface area contributed by atoms with Crippen LogP contribution in [0.1, 0.15) is 24.6 Å². The SMILES string of the molecule is CN1C(=O)C[C@@](C)(C2C=Cc3c(Br)nn(C)c3C2)N=C1N. The number of fused-ring (bicyclic) bond motifs is 1. The summed E-state index contributed by atoms with van der Waals surface area (Å²) in [7, 11) is 3.59. The molecule has 2 aliphatic rings. The molecule has 3 rings (SSSR count). The minimum Gasteiger partial charge on any atom is -0.369 e. The molecule has 1 aromatic heterocycles. The third-order valence-electron chi connectivity index (χ3n) is 4.47. The van der Waals surface area contributed by atoms with Crippen LogP contribution in [0, 0.1) is 5.92 Å². The zero-order chi connectivity index (χ0) is 15.4. The molecule has 0 fully saturated rings. The Morgan fingerprint density at radius 2 is 2.19 bits per heavy atom. The monoisotopic (exact) mass is 351 g/mol. The number of carbonyl (C=O) groups excluding carboxylic acids is 1. The van der Waals surface area contributed by atoms with Crippen molar-refractivity contribution in [3.05, 3.63) is 21.9 Å². The lowest BCUT2D eigenvalue weighted by Gasteiger charge is -2.38. The summed E-state index contributed by atoms with van der Waals surface area (Å²) in [6.07, 6.45) is 5.34. The number of aliphatic imine (C=N–C) groups is 1. The first-order chi connectivity index (χ1) is 9.82. The largest absolute Gasteiger partial charge is 0.369 e. The maximum Gasteiger partial charge on any atom is 0.231 e. The van der Waals surface area contributed by atoms with Crippen LogP contribution in [0.2, 0.25) is 0 Å². The summed E-state index contributed by atoms with van der Waals surface area (Å²) in [4.78, 5) is 18.1. The van der Waals surface area contributed by atoms with Crippen LogP contribution in [0.15, 0.2) is 15.7 Å². The predicted octanol–water partition coefficient (Wildman–Crippen LogP) is 1.30. The van der Waals surface area contributed by atoms with E-state index < -0.39 is 5.54 Å². The molecule has 1 aromatic rings. The molecule has 1 unspecified atom stereocenters. The smallest absolute Gasteiger partial charge is 0.231 e. The standard InChI is InChI=1S/C14H18BrN5O/c1-14(7-11(21)19(2)13(16)17-14)8-4-5-9-10(6-8)20(3)18-12(9)15/h4-5,8H,6-7H2,1-3H3,(H2,16,17)/t8?,14-/m0/s1. The summed E-state index contributed by atoms with van der Waals surface area (Å²) >= 11 is 3.47. The lowest BCUT2D eigenvalue weighted by molar-refractivity contribution is -0.128. The Hall–Kier alpha value is -1.63. The van der Waals surface area contributed by atoms with Gasteiger partial charge in [0.25, 0.3) is 0 Å². The van der Waals surface area contributed by atoms with Crippen molar-refractivity contribution in [2.24, 2.45) is 23.7 Å². The maximum absolute atomic E-state index is 12.1. The average molecular weight is 352 g/mol. The van der Waals surface area contributed by atoms with Gasteiger partial charge in [0.15, 0.2) is 5.96 Å². The van der Waals surface area contributed by atoms with Gasteiger partial charge in [0.05, 0.1) is 12.0 Å². The van der Waals surface area contributed by atoms with E-state index >= 15 is 0 Å². The number of hydrogen-bond donors (Lipinski definition) is 1. The van der Waals surface area contributed by atoms with Crippen LogP contribution in [0.4, 0.5) is 0 Å². The van der Waals surface area contributed by atoms with E-state index in [1.165, 1.54) is 4.90 Å².